The Balaban J connectivity index is 2.97. The van der Waals surface area contributed by atoms with Crippen molar-refractivity contribution < 1.29 is 9.72 Å². The molecule has 0 radical (unpaired) electrons. The van der Waals surface area contributed by atoms with Gasteiger partial charge in [-0.15, -0.1) is 0 Å². The molecule has 0 unspecified atom stereocenters. The van der Waals surface area contributed by atoms with Gasteiger partial charge < -0.3 is 0 Å². The van der Waals surface area contributed by atoms with Crippen LogP contribution in [0, 0.1) is 17.0 Å². The Bertz CT molecular complexity index is 404. The van der Waals surface area contributed by atoms with Gasteiger partial charge in [0.1, 0.15) is 5.78 Å². The second-order valence-electron chi connectivity index (χ2n) is 3.23. The van der Waals surface area contributed by atoms with Gasteiger partial charge in [0, 0.05) is 18.1 Å². The molecule has 0 aliphatic heterocycles. The van der Waals surface area contributed by atoms with E-state index >= 15 is 0 Å². The van der Waals surface area contributed by atoms with Gasteiger partial charge in [0.15, 0.2) is 0 Å². The molecule has 4 nitrogen and oxygen atoms in total. The summed E-state index contributed by atoms with van der Waals surface area (Å²) in [5.74, 6) is 0.00755. The van der Waals surface area contributed by atoms with Gasteiger partial charge in [-0.1, -0.05) is 28.1 Å². The molecule has 0 heterocycles. The van der Waals surface area contributed by atoms with Gasteiger partial charge in [0.05, 0.1) is 10.3 Å². The summed E-state index contributed by atoms with van der Waals surface area (Å²) in [6.07, 6.45) is 0.229. The second kappa shape index (κ2) is 5.02. The number of hydrogen-bond acceptors (Lipinski definition) is 3. The number of rotatable bonds is 4. The molecule has 80 valence electrons. The summed E-state index contributed by atoms with van der Waals surface area (Å²) < 4.78 is 0. The molecular formula is C10H10BrNO3. The van der Waals surface area contributed by atoms with Gasteiger partial charge in [-0.05, 0) is 12.5 Å². The Hall–Kier alpha value is -1.23. The highest BCUT2D eigenvalue weighted by atomic mass is 79.9. The summed E-state index contributed by atoms with van der Waals surface area (Å²) in [7, 11) is 0. The fourth-order valence-electron chi connectivity index (χ4n) is 1.24. The molecule has 0 spiro atoms. The summed E-state index contributed by atoms with van der Waals surface area (Å²) in [6, 6.07) is 4.85. The molecule has 0 saturated heterocycles. The third-order valence-electron chi connectivity index (χ3n) is 2.02. The van der Waals surface area contributed by atoms with Crippen molar-refractivity contribution >= 4 is 27.4 Å². The average Bonchev–Trinajstić information content (AvgIpc) is 2.20. The van der Waals surface area contributed by atoms with Gasteiger partial charge in [0.2, 0.25) is 0 Å². The lowest BCUT2D eigenvalue weighted by Crippen LogP contribution is -2.04. The first-order chi connectivity index (χ1) is 7.04. The van der Waals surface area contributed by atoms with Crippen molar-refractivity contribution in [3.63, 3.8) is 0 Å². The predicted molar refractivity (Wildman–Crippen MR) is 60.3 cm³/mol. The molecule has 15 heavy (non-hydrogen) atoms. The Kier molecular flexibility index (Phi) is 3.96. The van der Waals surface area contributed by atoms with Gasteiger partial charge in [-0.2, -0.15) is 0 Å². The van der Waals surface area contributed by atoms with Crippen molar-refractivity contribution in [2.75, 3.05) is 5.33 Å². The quantitative estimate of drug-likeness (QED) is 0.480. The van der Waals surface area contributed by atoms with Crippen LogP contribution in [0.1, 0.15) is 11.1 Å². The van der Waals surface area contributed by atoms with Crippen LogP contribution < -0.4 is 0 Å². The lowest BCUT2D eigenvalue weighted by atomic mass is 10.1. The topological polar surface area (TPSA) is 60.2 Å². The minimum atomic E-state index is -0.433. The monoisotopic (exact) mass is 271 g/mol. The molecule has 0 fully saturated rings. The SMILES string of the molecule is Cc1ccc(CC(=O)CBr)cc1[N+](=O)[O-]. The van der Waals surface area contributed by atoms with Crippen molar-refractivity contribution in [2.45, 2.75) is 13.3 Å². The van der Waals surface area contributed by atoms with E-state index in [-0.39, 0.29) is 23.2 Å². The number of Topliss-reactive ketones (excluding diaryl/α,β-unsaturated/α-hetero) is 1. The van der Waals surface area contributed by atoms with Crippen LogP contribution in [0.3, 0.4) is 0 Å². The highest BCUT2D eigenvalue weighted by molar-refractivity contribution is 9.09. The minimum absolute atomic E-state index is 0.00755. The van der Waals surface area contributed by atoms with Crippen molar-refractivity contribution in [2.24, 2.45) is 0 Å². The number of nitro groups is 1. The molecule has 0 N–H and O–H groups in total. The van der Waals surface area contributed by atoms with E-state index in [1.165, 1.54) is 6.07 Å². The molecular weight excluding hydrogens is 262 g/mol. The van der Waals surface area contributed by atoms with Crippen molar-refractivity contribution in [3.8, 4) is 0 Å². The normalized spacial score (nSPS) is 10.0. The van der Waals surface area contributed by atoms with E-state index in [1.54, 1.807) is 19.1 Å². The summed E-state index contributed by atoms with van der Waals surface area (Å²) in [4.78, 5) is 21.3. The number of benzene rings is 1. The van der Waals surface area contributed by atoms with Crippen LogP contribution in [0.2, 0.25) is 0 Å². The molecule has 0 bridgehead atoms. The predicted octanol–water partition coefficient (Wildman–Crippen LogP) is 2.41. The Morgan fingerprint density at radius 3 is 2.73 bits per heavy atom. The number of carbonyl (C=O) groups excluding carboxylic acids is 1. The number of alkyl halides is 1. The van der Waals surface area contributed by atoms with Crippen LogP contribution in [0.4, 0.5) is 5.69 Å². The first-order valence-corrected chi connectivity index (χ1v) is 5.48. The van der Waals surface area contributed by atoms with E-state index in [4.69, 9.17) is 0 Å². The molecule has 0 aliphatic carbocycles. The van der Waals surface area contributed by atoms with E-state index in [0.29, 0.717) is 11.1 Å². The molecule has 0 aromatic heterocycles. The molecule has 0 aliphatic rings. The average molecular weight is 272 g/mol. The van der Waals surface area contributed by atoms with Gasteiger partial charge in [0.25, 0.3) is 5.69 Å². The van der Waals surface area contributed by atoms with Crippen LogP contribution in [0.25, 0.3) is 0 Å². The van der Waals surface area contributed by atoms with Crippen LogP contribution >= 0.6 is 15.9 Å². The zero-order valence-corrected chi connectivity index (χ0v) is 9.78. The van der Waals surface area contributed by atoms with E-state index in [0.717, 1.165) is 0 Å². The Morgan fingerprint density at radius 1 is 1.53 bits per heavy atom. The third-order valence-corrected chi connectivity index (χ3v) is 2.65. The van der Waals surface area contributed by atoms with Crippen molar-refractivity contribution in [3.05, 3.63) is 39.4 Å². The largest absolute Gasteiger partial charge is 0.298 e. The number of hydrogen-bond donors (Lipinski definition) is 0. The summed E-state index contributed by atoms with van der Waals surface area (Å²) in [5, 5.41) is 10.9. The lowest BCUT2D eigenvalue weighted by molar-refractivity contribution is -0.385. The van der Waals surface area contributed by atoms with E-state index < -0.39 is 4.92 Å². The molecule has 0 amide bonds. The van der Waals surface area contributed by atoms with Crippen molar-refractivity contribution in [1.29, 1.82) is 0 Å². The zero-order valence-electron chi connectivity index (χ0n) is 8.20. The van der Waals surface area contributed by atoms with Crippen LogP contribution in [0.15, 0.2) is 18.2 Å². The number of ketones is 1. The van der Waals surface area contributed by atoms with Crippen LogP contribution in [-0.4, -0.2) is 16.0 Å². The Labute approximate surface area is 95.6 Å². The first-order valence-electron chi connectivity index (χ1n) is 4.36. The maximum atomic E-state index is 11.1. The van der Waals surface area contributed by atoms with Crippen LogP contribution in [0.5, 0.6) is 0 Å². The maximum Gasteiger partial charge on any atom is 0.272 e. The number of carbonyl (C=O) groups is 1. The van der Waals surface area contributed by atoms with Gasteiger partial charge in [-0.3, -0.25) is 14.9 Å². The third kappa shape index (κ3) is 3.13. The number of nitro benzene ring substituents is 1. The fraction of sp³-hybridized carbons (Fsp3) is 0.300. The summed E-state index contributed by atoms with van der Waals surface area (Å²) in [6.45, 7) is 1.67. The van der Waals surface area contributed by atoms with E-state index in [9.17, 15) is 14.9 Å². The van der Waals surface area contributed by atoms with Gasteiger partial charge in [-0.25, -0.2) is 0 Å². The van der Waals surface area contributed by atoms with Crippen molar-refractivity contribution in [1.82, 2.24) is 0 Å². The van der Waals surface area contributed by atoms with E-state index in [1.807, 2.05) is 0 Å². The molecule has 1 aromatic rings. The highest BCUT2D eigenvalue weighted by Gasteiger charge is 2.12. The molecule has 1 rings (SSSR count). The van der Waals surface area contributed by atoms with Crippen LogP contribution in [-0.2, 0) is 11.2 Å². The molecule has 0 atom stereocenters. The number of nitrogens with zero attached hydrogens (tertiary/aromatic N) is 1. The Morgan fingerprint density at radius 2 is 2.20 bits per heavy atom. The smallest absolute Gasteiger partial charge is 0.272 e. The standard InChI is InChI=1S/C10H10BrNO3/c1-7-2-3-8(4-9(13)6-11)5-10(7)12(14)15/h2-3,5H,4,6H2,1H3. The number of aryl methyl sites for hydroxylation is 1. The first kappa shape index (κ1) is 11.8. The number of halogens is 1. The van der Waals surface area contributed by atoms with E-state index in [2.05, 4.69) is 15.9 Å². The molecule has 5 heteroatoms. The summed E-state index contributed by atoms with van der Waals surface area (Å²) >= 11 is 3.05. The fourth-order valence-corrected chi connectivity index (χ4v) is 1.43. The second-order valence-corrected chi connectivity index (χ2v) is 3.79. The maximum absolute atomic E-state index is 11.1. The highest BCUT2D eigenvalue weighted by Crippen LogP contribution is 2.19. The minimum Gasteiger partial charge on any atom is -0.298 e. The molecule has 0 saturated carbocycles. The lowest BCUT2D eigenvalue weighted by Gasteiger charge is -2.01. The zero-order chi connectivity index (χ0) is 11.4. The molecule has 1 aromatic carbocycles. The summed E-state index contributed by atoms with van der Waals surface area (Å²) in [5.41, 5.74) is 1.35. The van der Waals surface area contributed by atoms with Gasteiger partial charge >= 0.3 is 0 Å².